The molecule has 1 heterocycles. The fourth-order valence-corrected chi connectivity index (χ4v) is 2.30. The van der Waals surface area contributed by atoms with Crippen molar-refractivity contribution >= 4 is 31.9 Å². The first-order valence-corrected chi connectivity index (χ1v) is 6.11. The molecule has 0 spiro atoms. The van der Waals surface area contributed by atoms with Gasteiger partial charge >= 0.3 is 0 Å². The highest BCUT2D eigenvalue weighted by Gasteiger charge is 2.05. The van der Waals surface area contributed by atoms with Gasteiger partial charge in [-0.3, -0.25) is 0 Å². The van der Waals surface area contributed by atoms with Crippen LogP contribution in [0.1, 0.15) is 11.7 Å². The lowest BCUT2D eigenvalue weighted by Crippen LogP contribution is -1.98. The van der Waals surface area contributed by atoms with Crippen LogP contribution in [-0.4, -0.2) is 10.1 Å². The van der Waals surface area contributed by atoms with E-state index in [1.165, 1.54) is 0 Å². The van der Waals surface area contributed by atoms with Crippen LogP contribution in [0.15, 0.2) is 31.7 Å². The van der Waals surface area contributed by atoms with Gasteiger partial charge in [0, 0.05) is 11.4 Å². The van der Waals surface area contributed by atoms with Crippen molar-refractivity contribution in [3.8, 4) is 5.75 Å². The summed E-state index contributed by atoms with van der Waals surface area (Å²) in [5, 5.41) is 3.74. The predicted molar refractivity (Wildman–Crippen MR) is 65.2 cm³/mol. The van der Waals surface area contributed by atoms with Crippen molar-refractivity contribution in [1.82, 2.24) is 10.1 Å². The van der Waals surface area contributed by atoms with E-state index in [-0.39, 0.29) is 6.61 Å². The van der Waals surface area contributed by atoms with Gasteiger partial charge in [0.1, 0.15) is 5.75 Å². The topological polar surface area (TPSA) is 48.2 Å². The van der Waals surface area contributed by atoms with Gasteiger partial charge in [-0.15, -0.1) is 0 Å². The summed E-state index contributed by atoms with van der Waals surface area (Å²) < 4.78 is 12.2. The van der Waals surface area contributed by atoms with E-state index in [1.54, 1.807) is 6.92 Å². The zero-order chi connectivity index (χ0) is 11.5. The lowest BCUT2D eigenvalue weighted by atomic mass is 10.3. The van der Waals surface area contributed by atoms with E-state index in [1.807, 2.05) is 18.2 Å². The molecule has 0 aliphatic carbocycles. The van der Waals surface area contributed by atoms with Crippen LogP contribution >= 0.6 is 31.9 Å². The van der Waals surface area contributed by atoms with Crippen molar-refractivity contribution in [3.05, 3.63) is 38.9 Å². The Morgan fingerprint density at radius 1 is 1.38 bits per heavy atom. The lowest BCUT2D eigenvalue weighted by Gasteiger charge is -2.05. The van der Waals surface area contributed by atoms with Gasteiger partial charge in [-0.1, -0.05) is 21.1 Å². The van der Waals surface area contributed by atoms with Crippen molar-refractivity contribution in [2.45, 2.75) is 13.5 Å². The number of hydrogen-bond donors (Lipinski definition) is 0. The van der Waals surface area contributed by atoms with E-state index in [2.05, 4.69) is 42.0 Å². The Morgan fingerprint density at radius 2 is 2.19 bits per heavy atom. The van der Waals surface area contributed by atoms with E-state index in [0.29, 0.717) is 11.7 Å². The molecule has 1 aromatic carbocycles. The Balaban J connectivity index is 2.04. The van der Waals surface area contributed by atoms with Gasteiger partial charge < -0.3 is 9.26 Å². The van der Waals surface area contributed by atoms with E-state index in [0.717, 1.165) is 14.7 Å². The molecule has 4 nitrogen and oxygen atoms in total. The third-order valence-corrected chi connectivity index (χ3v) is 2.93. The molecule has 0 unspecified atom stereocenters. The second-order valence-corrected chi connectivity index (χ2v) is 4.86. The number of rotatable bonds is 3. The van der Waals surface area contributed by atoms with Crippen molar-refractivity contribution in [2.75, 3.05) is 0 Å². The van der Waals surface area contributed by atoms with Gasteiger partial charge in [0.15, 0.2) is 6.61 Å². The molecule has 0 aliphatic rings. The second-order valence-electron chi connectivity index (χ2n) is 3.09. The summed E-state index contributed by atoms with van der Waals surface area (Å²) in [6, 6.07) is 5.68. The molecule has 0 saturated carbocycles. The molecule has 0 saturated heterocycles. The Bertz CT molecular complexity index is 499. The van der Waals surface area contributed by atoms with Crippen LogP contribution < -0.4 is 4.74 Å². The third kappa shape index (κ3) is 2.82. The number of benzene rings is 1. The minimum Gasteiger partial charge on any atom is -0.484 e. The maximum Gasteiger partial charge on any atom is 0.223 e. The molecule has 16 heavy (non-hydrogen) atoms. The van der Waals surface area contributed by atoms with Crippen molar-refractivity contribution in [1.29, 1.82) is 0 Å². The van der Waals surface area contributed by atoms with Crippen LogP contribution in [0.4, 0.5) is 0 Å². The van der Waals surface area contributed by atoms with Crippen LogP contribution in [-0.2, 0) is 6.61 Å². The summed E-state index contributed by atoms with van der Waals surface area (Å²) in [7, 11) is 0. The van der Waals surface area contributed by atoms with Crippen molar-refractivity contribution in [2.24, 2.45) is 0 Å². The van der Waals surface area contributed by atoms with Gasteiger partial charge in [0.25, 0.3) is 0 Å². The van der Waals surface area contributed by atoms with Crippen LogP contribution in [0.3, 0.4) is 0 Å². The minimum absolute atomic E-state index is 0.289. The van der Waals surface area contributed by atoms with Crippen LogP contribution in [0.2, 0.25) is 0 Å². The Labute approximate surface area is 109 Å². The summed E-state index contributed by atoms with van der Waals surface area (Å²) in [5.41, 5.74) is 0. The van der Waals surface area contributed by atoms with E-state index in [9.17, 15) is 0 Å². The summed E-state index contributed by atoms with van der Waals surface area (Å²) in [6.07, 6.45) is 0. The smallest absolute Gasteiger partial charge is 0.223 e. The average molecular weight is 348 g/mol. The summed E-state index contributed by atoms with van der Waals surface area (Å²) in [4.78, 5) is 4.05. The van der Waals surface area contributed by atoms with E-state index >= 15 is 0 Å². The van der Waals surface area contributed by atoms with Crippen LogP contribution in [0.25, 0.3) is 0 Å². The molecular formula is C10H8Br2N2O2. The molecule has 0 radical (unpaired) electrons. The quantitative estimate of drug-likeness (QED) is 0.852. The first-order valence-electron chi connectivity index (χ1n) is 4.52. The number of nitrogens with zero attached hydrogens (tertiary/aromatic N) is 2. The first-order chi connectivity index (χ1) is 7.65. The molecule has 0 aliphatic heterocycles. The van der Waals surface area contributed by atoms with E-state index in [4.69, 9.17) is 9.26 Å². The van der Waals surface area contributed by atoms with Gasteiger partial charge in [0.2, 0.25) is 11.7 Å². The Kier molecular flexibility index (Phi) is 3.60. The largest absolute Gasteiger partial charge is 0.484 e. The Hall–Kier alpha value is -0.880. The zero-order valence-corrected chi connectivity index (χ0v) is 11.6. The molecule has 0 bridgehead atoms. The molecule has 0 fully saturated rings. The van der Waals surface area contributed by atoms with Gasteiger partial charge in [0.05, 0.1) is 4.47 Å². The number of aryl methyl sites for hydroxylation is 1. The van der Waals surface area contributed by atoms with Gasteiger partial charge in [-0.05, 0) is 34.1 Å². The van der Waals surface area contributed by atoms with Gasteiger partial charge in [-0.25, -0.2) is 0 Å². The number of hydrogen-bond acceptors (Lipinski definition) is 4. The van der Waals surface area contributed by atoms with Crippen molar-refractivity contribution < 1.29 is 9.26 Å². The first kappa shape index (κ1) is 11.6. The summed E-state index contributed by atoms with van der Waals surface area (Å²) in [6.45, 7) is 2.03. The monoisotopic (exact) mass is 346 g/mol. The molecule has 84 valence electrons. The molecule has 0 N–H and O–H groups in total. The maximum absolute atomic E-state index is 5.54. The third-order valence-electron chi connectivity index (χ3n) is 1.82. The second kappa shape index (κ2) is 4.97. The van der Waals surface area contributed by atoms with Crippen LogP contribution in [0, 0.1) is 6.92 Å². The molecule has 1 aromatic heterocycles. The molecule has 2 rings (SSSR count). The predicted octanol–water partition coefficient (Wildman–Crippen LogP) is 3.48. The number of ether oxygens (including phenoxy) is 1. The van der Waals surface area contributed by atoms with Crippen LogP contribution in [0.5, 0.6) is 5.75 Å². The summed E-state index contributed by atoms with van der Waals surface area (Å²) >= 11 is 6.78. The van der Waals surface area contributed by atoms with E-state index < -0.39 is 0 Å². The zero-order valence-electron chi connectivity index (χ0n) is 8.41. The molecule has 0 amide bonds. The number of aromatic nitrogens is 2. The minimum atomic E-state index is 0.289. The standard InChI is InChI=1S/C10H8Br2N2O2/c1-6-13-10(14-16-6)5-15-9-3-2-7(11)4-8(9)12/h2-4H,5H2,1H3. The highest BCUT2D eigenvalue weighted by Crippen LogP contribution is 2.28. The normalized spacial score (nSPS) is 10.4. The Morgan fingerprint density at radius 3 is 2.81 bits per heavy atom. The maximum atomic E-state index is 5.54. The van der Waals surface area contributed by atoms with Crippen molar-refractivity contribution in [3.63, 3.8) is 0 Å². The highest BCUT2D eigenvalue weighted by molar-refractivity contribution is 9.11. The molecule has 2 aromatic rings. The fourth-order valence-electron chi connectivity index (χ4n) is 1.13. The highest BCUT2D eigenvalue weighted by atomic mass is 79.9. The number of halogens is 2. The molecule has 0 atom stereocenters. The fraction of sp³-hybridized carbons (Fsp3) is 0.200. The summed E-state index contributed by atoms with van der Waals surface area (Å²) in [5.74, 6) is 1.81. The molecule has 6 heteroatoms. The lowest BCUT2D eigenvalue weighted by molar-refractivity contribution is 0.284. The van der Waals surface area contributed by atoms with Gasteiger partial charge in [-0.2, -0.15) is 4.98 Å². The SMILES string of the molecule is Cc1nc(COc2ccc(Br)cc2Br)no1. The molecular weight excluding hydrogens is 340 g/mol. The average Bonchev–Trinajstić information content (AvgIpc) is 2.63.